The third-order valence-electron chi connectivity index (χ3n) is 4.61. The molecule has 13 heteroatoms. The molecule has 1 aromatic heterocycles. The van der Waals surface area contributed by atoms with Crippen LogP contribution in [0.2, 0.25) is 0 Å². The smallest absolute Gasteiger partial charge is 0.406 e. The fourth-order valence-electron chi connectivity index (χ4n) is 2.96. The number of ether oxygens (including phenoxy) is 1. The van der Waals surface area contributed by atoms with Crippen molar-refractivity contribution in [2.75, 3.05) is 5.32 Å². The lowest BCUT2D eigenvalue weighted by atomic mass is 9.72. The van der Waals surface area contributed by atoms with E-state index in [1.807, 2.05) is 13.8 Å². The van der Waals surface area contributed by atoms with Gasteiger partial charge in [0.1, 0.15) is 5.75 Å². The number of carbonyl (C=O) groups excluding carboxylic acids is 2. The van der Waals surface area contributed by atoms with Crippen LogP contribution in [-0.4, -0.2) is 34.6 Å². The second-order valence-electron chi connectivity index (χ2n) is 6.67. The minimum Gasteiger partial charge on any atom is -0.406 e. The van der Waals surface area contributed by atoms with E-state index in [1.165, 1.54) is 24.3 Å². The van der Waals surface area contributed by atoms with Crippen LogP contribution in [0.25, 0.3) is 0 Å². The minimum atomic E-state index is -4.78. The van der Waals surface area contributed by atoms with Crippen molar-refractivity contribution in [3.63, 3.8) is 0 Å². The molecular formula is C20H22F5N5O3. The highest BCUT2D eigenvalue weighted by molar-refractivity contribution is 5.95. The molecule has 0 bridgehead atoms. The van der Waals surface area contributed by atoms with Gasteiger partial charge in [0, 0.05) is 12.4 Å². The number of nitrogens with zero attached hydrogens (tertiary/aromatic N) is 2. The average molecular weight is 475 g/mol. The molecule has 1 fully saturated rings. The number of anilines is 1. The van der Waals surface area contributed by atoms with Gasteiger partial charge >= 0.3 is 18.7 Å². The lowest BCUT2D eigenvalue weighted by Gasteiger charge is -2.43. The summed E-state index contributed by atoms with van der Waals surface area (Å²) in [4.78, 5) is 30.6. The zero-order chi connectivity index (χ0) is 24.6. The monoisotopic (exact) mass is 475 g/mol. The Morgan fingerprint density at radius 3 is 2.06 bits per heavy atom. The summed E-state index contributed by atoms with van der Waals surface area (Å²) in [5.74, 6) is -2.73. The molecular weight excluding hydrogens is 453 g/mol. The van der Waals surface area contributed by atoms with Gasteiger partial charge in [-0.2, -0.15) is 8.78 Å². The fourth-order valence-corrected chi connectivity index (χ4v) is 2.96. The van der Waals surface area contributed by atoms with Crippen molar-refractivity contribution in [2.45, 2.75) is 51.4 Å². The largest absolute Gasteiger partial charge is 0.573 e. The summed E-state index contributed by atoms with van der Waals surface area (Å²) < 4.78 is 65.1. The highest BCUT2D eigenvalue weighted by atomic mass is 19.4. The highest BCUT2D eigenvalue weighted by Gasteiger charge is 2.39. The maximum atomic E-state index is 12.3. The maximum absolute atomic E-state index is 12.3. The van der Waals surface area contributed by atoms with E-state index >= 15 is 0 Å². The van der Waals surface area contributed by atoms with Crippen LogP contribution in [0.15, 0.2) is 36.7 Å². The van der Waals surface area contributed by atoms with Crippen molar-refractivity contribution in [2.24, 2.45) is 0 Å². The number of amides is 2. The molecule has 33 heavy (non-hydrogen) atoms. The fraction of sp³-hybridized carbons (Fsp3) is 0.400. The number of carbonyl (C=O) groups is 2. The number of benzene rings is 1. The molecule has 1 saturated carbocycles. The van der Waals surface area contributed by atoms with E-state index in [4.69, 9.17) is 0 Å². The molecule has 2 aromatic rings. The van der Waals surface area contributed by atoms with Crippen LogP contribution in [0.4, 0.5) is 27.9 Å². The van der Waals surface area contributed by atoms with Crippen LogP contribution in [0.1, 0.15) is 49.0 Å². The molecule has 1 aromatic carbocycles. The average Bonchev–Trinajstić information content (AvgIpc) is 2.75. The predicted molar refractivity (Wildman–Crippen MR) is 107 cm³/mol. The molecule has 0 saturated heterocycles. The van der Waals surface area contributed by atoms with E-state index in [0.717, 1.165) is 18.8 Å². The summed E-state index contributed by atoms with van der Waals surface area (Å²) in [5.41, 5.74) is 3.40. The molecule has 0 radical (unpaired) electrons. The number of hydrogen-bond acceptors (Lipinski definition) is 6. The van der Waals surface area contributed by atoms with E-state index in [2.05, 4.69) is 20.0 Å². The Morgan fingerprint density at radius 1 is 1.03 bits per heavy atom. The molecule has 8 nitrogen and oxygen atoms in total. The first-order valence-corrected chi connectivity index (χ1v) is 9.93. The zero-order valence-corrected chi connectivity index (χ0v) is 17.7. The summed E-state index contributed by atoms with van der Waals surface area (Å²) in [7, 11) is 0. The highest BCUT2D eigenvalue weighted by Crippen LogP contribution is 2.44. The molecule has 3 rings (SSSR count). The van der Waals surface area contributed by atoms with Crippen molar-refractivity contribution < 1.29 is 36.3 Å². The third-order valence-corrected chi connectivity index (χ3v) is 4.61. The zero-order valence-electron chi connectivity index (χ0n) is 17.7. The molecule has 0 aliphatic heterocycles. The topological polar surface area (TPSA) is 105 Å². The van der Waals surface area contributed by atoms with Gasteiger partial charge in [-0.3, -0.25) is 20.4 Å². The lowest BCUT2D eigenvalue weighted by molar-refractivity contribution is -0.274. The van der Waals surface area contributed by atoms with Gasteiger partial charge in [0.15, 0.2) is 0 Å². The molecule has 3 N–H and O–H groups in total. The number of hydrogen-bond donors (Lipinski definition) is 3. The Bertz CT molecular complexity index is 933. The molecule has 2 amide bonds. The number of nitrogens with one attached hydrogen (secondary N) is 3. The standard InChI is InChI=1S/C18H16F5N5O3.C2H6/c19-13(20)15(30)28-27-14(29)10-8-24-16(25-9-10)26-17(6-1-7-17)11-2-4-12(5-3-11)31-18(21,22)23;1-2/h2-5,8-9,13H,1,6-7H2,(H,27,29)(H,28,30)(H,24,25,26);1-2H3. The van der Waals surface area contributed by atoms with Gasteiger partial charge in [0.05, 0.1) is 11.1 Å². The van der Waals surface area contributed by atoms with Gasteiger partial charge in [-0.1, -0.05) is 26.0 Å². The summed E-state index contributed by atoms with van der Waals surface area (Å²) in [6, 6.07) is 5.46. The number of rotatable bonds is 6. The molecule has 0 spiro atoms. The summed E-state index contributed by atoms with van der Waals surface area (Å²) in [6.45, 7) is 4.00. The molecule has 1 aliphatic rings. The number of aromatic nitrogens is 2. The second-order valence-corrected chi connectivity index (χ2v) is 6.67. The normalized spacial score (nSPS) is 14.3. The van der Waals surface area contributed by atoms with Crippen molar-refractivity contribution in [1.29, 1.82) is 0 Å². The van der Waals surface area contributed by atoms with Crippen molar-refractivity contribution in [3.05, 3.63) is 47.8 Å². The third kappa shape index (κ3) is 6.99. The van der Waals surface area contributed by atoms with Crippen LogP contribution in [0.3, 0.4) is 0 Å². The molecule has 1 aliphatic carbocycles. The first kappa shape index (κ1) is 25.7. The van der Waals surface area contributed by atoms with E-state index in [9.17, 15) is 31.5 Å². The van der Waals surface area contributed by atoms with E-state index in [0.29, 0.717) is 18.4 Å². The number of alkyl halides is 5. The van der Waals surface area contributed by atoms with Crippen molar-refractivity contribution >= 4 is 17.8 Å². The number of hydrazine groups is 1. The first-order valence-electron chi connectivity index (χ1n) is 9.93. The van der Waals surface area contributed by atoms with Crippen LogP contribution >= 0.6 is 0 Å². The molecule has 1 heterocycles. The SMILES string of the molecule is CC.O=C(NNC(=O)C(F)F)c1cnc(NC2(c3ccc(OC(F)(F)F)cc3)CCC2)nc1. The maximum Gasteiger partial charge on any atom is 0.573 e. The van der Waals surface area contributed by atoms with E-state index in [-0.39, 0.29) is 17.3 Å². The molecule has 180 valence electrons. The van der Waals surface area contributed by atoms with Gasteiger partial charge in [0.25, 0.3) is 5.91 Å². The van der Waals surface area contributed by atoms with Gasteiger partial charge < -0.3 is 10.1 Å². The van der Waals surface area contributed by atoms with Crippen LogP contribution < -0.4 is 20.9 Å². The first-order chi connectivity index (χ1) is 15.6. The Balaban J connectivity index is 0.00000187. The Hall–Kier alpha value is -3.51. The van der Waals surface area contributed by atoms with Crippen LogP contribution in [0.5, 0.6) is 5.75 Å². The van der Waals surface area contributed by atoms with Gasteiger partial charge in [-0.15, -0.1) is 13.2 Å². The van der Waals surface area contributed by atoms with Gasteiger partial charge in [-0.25, -0.2) is 9.97 Å². The van der Waals surface area contributed by atoms with Crippen molar-refractivity contribution in [1.82, 2.24) is 20.8 Å². The van der Waals surface area contributed by atoms with E-state index in [1.54, 1.807) is 10.9 Å². The summed E-state index contributed by atoms with van der Waals surface area (Å²) in [6.07, 6.45) is -3.57. The minimum absolute atomic E-state index is 0.0866. The quantitative estimate of drug-likeness (QED) is 0.432. The lowest BCUT2D eigenvalue weighted by Crippen LogP contribution is -2.44. The molecule has 0 unspecified atom stereocenters. The predicted octanol–water partition coefficient (Wildman–Crippen LogP) is 3.92. The van der Waals surface area contributed by atoms with E-state index < -0.39 is 30.1 Å². The van der Waals surface area contributed by atoms with Crippen molar-refractivity contribution in [3.8, 4) is 5.75 Å². The Kier molecular flexibility index (Phi) is 8.49. The second kappa shape index (κ2) is 10.9. The van der Waals surface area contributed by atoms with Gasteiger partial charge in [0.2, 0.25) is 5.95 Å². The van der Waals surface area contributed by atoms with Crippen LogP contribution in [0, 0.1) is 0 Å². The van der Waals surface area contributed by atoms with Crippen LogP contribution in [-0.2, 0) is 10.3 Å². The number of halogens is 5. The Labute approximate surface area is 185 Å². The van der Waals surface area contributed by atoms with Gasteiger partial charge in [-0.05, 0) is 37.0 Å². The molecule has 0 atom stereocenters. The summed E-state index contributed by atoms with van der Waals surface area (Å²) >= 11 is 0. The summed E-state index contributed by atoms with van der Waals surface area (Å²) in [5, 5.41) is 3.12. The Morgan fingerprint density at radius 2 is 1.61 bits per heavy atom.